The molecule has 1 heterocycles. The van der Waals surface area contributed by atoms with E-state index in [0.29, 0.717) is 17.8 Å². The maximum absolute atomic E-state index is 13.4. The van der Waals surface area contributed by atoms with E-state index in [0.717, 1.165) is 6.26 Å². The minimum atomic E-state index is -4.20. The molecule has 3 rings (SSSR count). The Bertz CT molecular complexity index is 1570. The quantitative estimate of drug-likeness (QED) is 0.162. The number of amides is 2. The summed E-state index contributed by atoms with van der Waals surface area (Å²) >= 11 is 0. The summed E-state index contributed by atoms with van der Waals surface area (Å²) in [5.41, 5.74) is 6.23. The molecule has 0 saturated heterocycles. The van der Waals surface area contributed by atoms with Crippen LogP contribution in [0.5, 0.6) is 5.88 Å². The van der Waals surface area contributed by atoms with E-state index in [-0.39, 0.29) is 45.6 Å². The van der Waals surface area contributed by atoms with Crippen molar-refractivity contribution in [2.24, 2.45) is 11.7 Å². The van der Waals surface area contributed by atoms with Crippen molar-refractivity contribution in [3.05, 3.63) is 77.0 Å². The van der Waals surface area contributed by atoms with Crippen molar-refractivity contribution >= 4 is 39.4 Å². The zero-order valence-electron chi connectivity index (χ0n) is 22.3. The zero-order chi connectivity index (χ0) is 29.6. The van der Waals surface area contributed by atoms with Crippen LogP contribution < -0.4 is 21.1 Å². The molecule has 210 valence electrons. The molecule has 0 unspecified atom stereocenters. The molecule has 3 aromatic rings. The largest absolute Gasteiger partial charge is 0.481 e. The Hall–Kier alpha value is -4.78. The minimum Gasteiger partial charge on any atom is -0.481 e. The summed E-state index contributed by atoms with van der Waals surface area (Å²) in [5, 5.41) is 12.9. The lowest BCUT2D eigenvalue weighted by Crippen LogP contribution is -2.27. The molecule has 40 heavy (non-hydrogen) atoms. The monoisotopic (exact) mass is 567 g/mol. The van der Waals surface area contributed by atoms with Gasteiger partial charge in [-0.15, -0.1) is 0 Å². The summed E-state index contributed by atoms with van der Waals surface area (Å²) in [6.45, 7) is 4.21. The van der Waals surface area contributed by atoms with E-state index < -0.39 is 27.9 Å². The Morgan fingerprint density at radius 2 is 1.60 bits per heavy atom. The van der Waals surface area contributed by atoms with Gasteiger partial charge in [0.15, 0.2) is 0 Å². The molecule has 2 aromatic carbocycles. The fourth-order valence-electron chi connectivity index (χ4n) is 3.54. The van der Waals surface area contributed by atoms with Crippen LogP contribution in [0.4, 0.5) is 5.69 Å². The number of nitrogens with zero attached hydrogens (tertiary/aromatic N) is 1. The second kappa shape index (κ2) is 12.4. The molecule has 0 radical (unpaired) electrons. The maximum atomic E-state index is 13.4. The van der Waals surface area contributed by atoms with Crippen molar-refractivity contribution in [2.45, 2.75) is 13.8 Å². The van der Waals surface area contributed by atoms with Gasteiger partial charge >= 0.3 is 16.1 Å². The molecule has 1 aromatic heterocycles. The summed E-state index contributed by atoms with van der Waals surface area (Å²) in [7, 11) is -2.84. The molecule has 0 spiro atoms. The highest BCUT2D eigenvalue weighted by atomic mass is 32.2. The number of hydrogen-bond donors (Lipinski definition) is 4. The van der Waals surface area contributed by atoms with Crippen molar-refractivity contribution in [1.82, 2.24) is 10.3 Å². The van der Waals surface area contributed by atoms with Gasteiger partial charge < -0.3 is 25.3 Å². The molecular formula is C27H29N5O7S. The number of anilines is 1. The fourth-order valence-corrected chi connectivity index (χ4v) is 3.90. The number of nitrogens with two attached hydrogens (primary N) is 1. The summed E-state index contributed by atoms with van der Waals surface area (Å²) in [6.07, 6.45) is 0.717. The lowest BCUT2D eigenvalue weighted by Gasteiger charge is -2.15. The van der Waals surface area contributed by atoms with Crippen molar-refractivity contribution in [3.8, 4) is 17.0 Å². The zero-order valence-corrected chi connectivity index (χ0v) is 23.1. The molecule has 0 aliphatic carbocycles. The van der Waals surface area contributed by atoms with E-state index in [1.807, 2.05) is 13.8 Å². The molecule has 12 nitrogen and oxygen atoms in total. The number of aromatic nitrogens is 1. The predicted molar refractivity (Wildman–Crippen MR) is 149 cm³/mol. The summed E-state index contributed by atoms with van der Waals surface area (Å²) in [6, 6.07) is 13.2. The van der Waals surface area contributed by atoms with Crippen molar-refractivity contribution in [3.63, 3.8) is 0 Å². The first kappa shape index (κ1) is 29.8. The first-order valence-corrected chi connectivity index (χ1v) is 13.8. The number of ether oxygens (including phenoxy) is 1. The van der Waals surface area contributed by atoms with Gasteiger partial charge in [0.25, 0.3) is 11.8 Å². The van der Waals surface area contributed by atoms with Crippen LogP contribution >= 0.6 is 0 Å². The van der Waals surface area contributed by atoms with Gasteiger partial charge in [0.2, 0.25) is 5.88 Å². The van der Waals surface area contributed by atoms with Crippen LogP contribution in [0.3, 0.4) is 0 Å². The van der Waals surface area contributed by atoms with Crippen molar-refractivity contribution in [1.29, 1.82) is 5.41 Å². The van der Waals surface area contributed by atoms with Crippen LogP contribution in [0.25, 0.3) is 11.1 Å². The Balaban J connectivity index is 2.11. The van der Waals surface area contributed by atoms with Crippen LogP contribution in [-0.2, 0) is 14.3 Å². The van der Waals surface area contributed by atoms with Crippen molar-refractivity contribution < 1.29 is 31.7 Å². The SMILES string of the molecule is COc1ccc(-c2ccc(C(=O)NCC(C)C)cc2C(=O)OS(C)(=O)=O)c(C(=O)Nc2ccc(C(=N)N)cc2)n1. The molecule has 0 aliphatic heterocycles. The third kappa shape index (κ3) is 7.63. The average molecular weight is 568 g/mol. The third-order valence-electron chi connectivity index (χ3n) is 5.44. The second-order valence-electron chi connectivity index (χ2n) is 9.13. The Morgan fingerprint density at radius 1 is 0.975 bits per heavy atom. The smallest absolute Gasteiger partial charge is 0.354 e. The summed E-state index contributed by atoms with van der Waals surface area (Å²) in [4.78, 5) is 43.3. The average Bonchev–Trinajstić information content (AvgIpc) is 2.90. The van der Waals surface area contributed by atoms with E-state index in [4.69, 9.17) is 15.9 Å². The van der Waals surface area contributed by atoms with E-state index in [1.54, 1.807) is 24.3 Å². The summed E-state index contributed by atoms with van der Waals surface area (Å²) in [5.74, 6) is -2.25. The van der Waals surface area contributed by atoms with Crippen LogP contribution in [-0.4, -0.2) is 56.9 Å². The van der Waals surface area contributed by atoms with Crippen LogP contribution in [0.1, 0.15) is 50.6 Å². The normalized spacial score (nSPS) is 11.0. The molecule has 13 heteroatoms. The maximum Gasteiger partial charge on any atom is 0.354 e. The number of benzene rings is 2. The first-order chi connectivity index (χ1) is 18.8. The van der Waals surface area contributed by atoms with Gasteiger partial charge in [-0.3, -0.25) is 15.0 Å². The topological polar surface area (TPSA) is 191 Å². The van der Waals surface area contributed by atoms with E-state index in [9.17, 15) is 22.8 Å². The number of hydrogen-bond acceptors (Lipinski definition) is 9. The van der Waals surface area contributed by atoms with E-state index >= 15 is 0 Å². The Morgan fingerprint density at radius 3 is 2.17 bits per heavy atom. The molecule has 2 amide bonds. The third-order valence-corrected chi connectivity index (χ3v) is 5.89. The number of carbonyl (C=O) groups excluding carboxylic acids is 3. The number of pyridine rings is 1. The van der Waals surface area contributed by atoms with E-state index in [1.165, 1.54) is 37.4 Å². The van der Waals surface area contributed by atoms with Gasteiger partial charge in [-0.2, -0.15) is 8.42 Å². The standard InChI is InChI=1S/C27H29N5O7S/c1-15(2)14-30-25(33)17-7-10-19(21(13-17)27(35)39-40(4,36)37)20-11-12-22(38-3)32-23(20)26(34)31-18-8-5-16(6-9-18)24(28)29/h5-13,15H,14H2,1-4H3,(H3,28,29)(H,30,33)(H,31,34). The molecule has 0 bridgehead atoms. The Kier molecular flexibility index (Phi) is 9.22. The fraction of sp³-hybridized carbons (Fsp3) is 0.222. The highest BCUT2D eigenvalue weighted by Gasteiger charge is 2.25. The van der Waals surface area contributed by atoms with Gasteiger partial charge in [-0.25, -0.2) is 9.78 Å². The molecule has 0 saturated carbocycles. The second-order valence-corrected chi connectivity index (χ2v) is 10.7. The van der Waals surface area contributed by atoms with Crippen LogP contribution in [0.2, 0.25) is 0 Å². The van der Waals surface area contributed by atoms with Crippen molar-refractivity contribution in [2.75, 3.05) is 25.2 Å². The van der Waals surface area contributed by atoms with Gasteiger partial charge in [0.05, 0.1) is 18.9 Å². The number of nitrogens with one attached hydrogen (secondary N) is 3. The van der Waals surface area contributed by atoms with E-state index in [2.05, 4.69) is 19.8 Å². The predicted octanol–water partition coefficient (Wildman–Crippen LogP) is 2.80. The van der Waals surface area contributed by atoms with Gasteiger partial charge in [0.1, 0.15) is 11.5 Å². The Labute approximate surface area is 231 Å². The summed E-state index contributed by atoms with van der Waals surface area (Å²) < 4.78 is 33.3. The van der Waals surface area contributed by atoms with Gasteiger partial charge in [0, 0.05) is 35.0 Å². The lowest BCUT2D eigenvalue weighted by atomic mass is 9.95. The molecule has 0 atom stereocenters. The number of carbonyl (C=O) groups is 3. The number of rotatable bonds is 10. The molecule has 5 N–H and O–H groups in total. The van der Waals surface area contributed by atoms with Gasteiger partial charge in [-0.1, -0.05) is 19.9 Å². The molecule has 0 aliphatic rings. The highest BCUT2D eigenvalue weighted by Crippen LogP contribution is 2.30. The lowest BCUT2D eigenvalue weighted by molar-refractivity contribution is 0.0748. The first-order valence-electron chi connectivity index (χ1n) is 12.0. The molecule has 0 fully saturated rings. The van der Waals surface area contributed by atoms with Gasteiger partial charge in [-0.05, 0) is 53.9 Å². The van der Waals surface area contributed by atoms with Crippen LogP contribution in [0, 0.1) is 11.3 Å². The number of amidine groups is 1. The minimum absolute atomic E-state index is 0.0860. The number of methoxy groups -OCH3 is 1. The number of nitrogen functional groups attached to an aromatic ring is 1. The van der Waals surface area contributed by atoms with Crippen LogP contribution in [0.15, 0.2) is 54.6 Å². The molecular weight excluding hydrogens is 538 g/mol. The highest BCUT2D eigenvalue weighted by molar-refractivity contribution is 7.86.